The molecule has 3 unspecified atom stereocenters. The largest absolute Gasteiger partial charge is 0.330 e. The van der Waals surface area contributed by atoms with Gasteiger partial charge in [-0.2, -0.15) is 0 Å². The second-order valence-corrected chi connectivity index (χ2v) is 5.66. The van der Waals surface area contributed by atoms with Crippen LogP contribution in [-0.4, -0.2) is 12.5 Å². The van der Waals surface area contributed by atoms with Gasteiger partial charge in [0.2, 0.25) is 5.92 Å². The summed E-state index contributed by atoms with van der Waals surface area (Å²) in [6.07, 6.45) is 6.80. The second-order valence-electron chi connectivity index (χ2n) is 5.66. The number of allylic oxidation sites excluding steroid dienone is 2. The predicted molar refractivity (Wildman–Crippen MR) is 54.5 cm³/mol. The van der Waals surface area contributed by atoms with Gasteiger partial charge >= 0.3 is 0 Å². The van der Waals surface area contributed by atoms with Crippen molar-refractivity contribution in [1.82, 2.24) is 0 Å². The Balaban J connectivity index is 1.79. The van der Waals surface area contributed by atoms with Crippen molar-refractivity contribution in [3.8, 4) is 0 Å². The van der Waals surface area contributed by atoms with Gasteiger partial charge in [-0.05, 0) is 42.6 Å². The number of fused-ring (bicyclic) bond motifs is 2. The molecular weight excluding hydrogens is 196 g/mol. The van der Waals surface area contributed by atoms with Crippen LogP contribution in [0.4, 0.5) is 8.78 Å². The molecule has 3 aliphatic rings. The summed E-state index contributed by atoms with van der Waals surface area (Å²) in [5, 5.41) is 0. The Kier molecular flexibility index (Phi) is 1.83. The molecule has 1 nitrogen and oxygen atoms in total. The van der Waals surface area contributed by atoms with Gasteiger partial charge in [-0.15, -0.1) is 0 Å². The molecule has 0 radical (unpaired) electrons. The molecule has 2 saturated carbocycles. The van der Waals surface area contributed by atoms with Crippen LogP contribution in [0.2, 0.25) is 0 Å². The normalized spacial score (nSPS) is 44.3. The van der Waals surface area contributed by atoms with E-state index >= 15 is 0 Å². The number of hydrogen-bond acceptors (Lipinski definition) is 1. The van der Waals surface area contributed by atoms with Crippen LogP contribution in [0.1, 0.15) is 25.7 Å². The number of hydrogen-bond donors (Lipinski definition) is 1. The highest BCUT2D eigenvalue weighted by Crippen LogP contribution is 2.62. The Labute approximate surface area is 88.7 Å². The number of nitrogens with two attached hydrogens (primary N) is 1. The highest BCUT2D eigenvalue weighted by atomic mass is 19.3. The molecule has 2 bridgehead atoms. The van der Waals surface area contributed by atoms with Gasteiger partial charge < -0.3 is 5.73 Å². The lowest BCUT2D eigenvalue weighted by molar-refractivity contribution is -0.182. The Bertz CT molecular complexity index is 303. The molecule has 2 N–H and O–H groups in total. The average molecular weight is 213 g/mol. The molecule has 3 aliphatic carbocycles. The molecule has 0 spiro atoms. The zero-order valence-electron chi connectivity index (χ0n) is 8.76. The Morgan fingerprint density at radius 2 is 1.93 bits per heavy atom. The number of rotatable bonds is 2. The van der Waals surface area contributed by atoms with Crippen LogP contribution in [0.25, 0.3) is 0 Å². The molecule has 0 aliphatic heterocycles. The Hall–Kier alpha value is -0.440. The highest BCUT2D eigenvalue weighted by molar-refractivity contribution is 5.17. The molecule has 0 saturated heterocycles. The standard InChI is InChI=1S/C12H17F2N/c13-12(14)5-11(6-12,7-15)10-4-8-1-2-9(10)3-8/h1-2,8-10H,3-7,15H2. The minimum absolute atomic E-state index is 0.0260. The van der Waals surface area contributed by atoms with Crippen LogP contribution in [0.3, 0.4) is 0 Å². The molecule has 0 amide bonds. The van der Waals surface area contributed by atoms with E-state index in [-0.39, 0.29) is 18.3 Å². The summed E-state index contributed by atoms with van der Waals surface area (Å²) in [7, 11) is 0. The molecule has 0 aromatic heterocycles. The van der Waals surface area contributed by atoms with Crippen molar-refractivity contribution in [2.75, 3.05) is 6.54 Å². The molecule has 0 heterocycles. The summed E-state index contributed by atoms with van der Waals surface area (Å²) in [5.74, 6) is -0.824. The smallest absolute Gasteiger partial charge is 0.249 e. The number of halogens is 2. The average Bonchev–Trinajstić information content (AvgIpc) is 2.74. The van der Waals surface area contributed by atoms with Crippen LogP contribution in [-0.2, 0) is 0 Å². The monoisotopic (exact) mass is 213 g/mol. The topological polar surface area (TPSA) is 26.0 Å². The van der Waals surface area contributed by atoms with Gasteiger partial charge in [0.1, 0.15) is 0 Å². The quantitative estimate of drug-likeness (QED) is 0.701. The maximum absolute atomic E-state index is 13.0. The van der Waals surface area contributed by atoms with E-state index in [0.29, 0.717) is 24.3 Å². The first-order chi connectivity index (χ1) is 7.05. The van der Waals surface area contributed by atoms with E-state index in [9.17, 15) is 8.78 Å². The van der Waals surface area contributed by atoms with Crippen LogP contribution >= 0.6 is 0 Å². The first-order valence-corrected chi connectivity index (χ1v) is 5.81. The summed E-state index contributed by atoms with van der Waals surface area (Å²) in [5.41, 5.74) is 5.50. The summed E-state index contributed by atoms with van der Waals surface area (Å²) >= 11 is 0. The minimum atomic E-state index is -2.44. The molecule has 0 aromatic carbocycles. The summed E-state index contributed by atoms with van der Waals surface area (Å²) in [6.45, 7) is 0.435. The van der Waals surface area contributed by atoms with Crippen LogP contribution in [0.15, 0.2) is 12.2 Å². The van der Waals surface area contributed by atoms with Gasteiger partial charge in [0.25, 0.3) is 0 Å². The lowest BCUT2D eigenvalue weighted by atomic mass is 9.56. The van der Waals surface area contributed by atoms with Crippen molar-refractivity contribution in [2.45, 2.75) is 31.6 Å². The van der Waals surface area contributed by atoms with Gasteiger partial charge in [0, 0.05) is 12.8 Å². The molecule has 3 atom stereocenters. The van der Waals surface area contributed by atoms with Gasteiger partial charge in [-0.1, -0.05) is 12.2 Å². The van der Waals surface area contributed by atoms with Crippen molar-refractivity contribution in [3.05, 3.63) is 12.2 Å². The van der Waals surface area contributed by atoms with E-state index in [4.69, 9.17) is 5.73 Å². The highest BCUT2D eigenvalue weighted by Gasteiger charge is 2.61. The lowest BCUT2D eigenvalue weighted by Crippen LogP contribution is -2.55. The maximum atomic E-state index is 13.0. The van der Waals surface area contributed by atoms with Crippen molar-refractivity contribution in [3.63, 3.8) is 0 Å². The molecule has 2 fully saturated rings. The number of alkyl halides is 2. The Morgan fingerprint density at radius 3 is 2.33 bits per heavy atom. The van der Waals surface area contributed by atoms with Crippen LogP contribution < -0.4 is 5.73 Å². The van der Waals surface area contributed by atoms with Crippen molar-refractivity contribution >= 4 is 0 Å². The summed E-state index contributed by atoms with van der Waals surface area (Å²) < 4.78 is 26.1. The molecular formula is C12H17F2N. The van der Waals surface area contributed by atoms with Gasteiger partial charge in [0.05, 0.1) is 0 Å². The summed E-state index contributed by atoms with van der Waals surface area (Å²) in [6, 6.07) is 0. The third-order valence-electron chi connectivity index (χ3n) is 4.69. The fraction of sp³-hybridized carbons (Fsp3) is 0.833. The van der Waals surface area contributed by atoms with E-state index in [1.165, 1.54) is 6.42 Å². The van der Waals surface area contributed by atoms with Crippen LogP contribution in [0.5, 0.6) is 0 Å². The maximum Gasteiger partial charge on any atom is 0.249 e. The van der Waals surface area contributed by atoms with E-state index in [1.54, 1.807) is 0 Å². The molecule has 3 rings (SSSR count). The zero-order valence-corrected chi connectivity index (χ0v) is 8.76. The molecule has 84 valence electrons. The SMILES string of the molecule is NCC1(C2CC3C=CC2C3)CC(F)(F)C1. The van der Waals surface area contributed by atoms with Crippen molar-refractivity contribution in [1.29, 1.82) is 0 Å². The van der Waals surface area contributed by atoms with Gasteiger partial charge in [0.15, 0.2) is 0 Å². The van der Waals surface area contributed by atoms with Gasteiger partial charge in [-0.25, -0.2) is 8.78 Å². The van der Waals surface area contributed by atoms with Crippen molar-refractivity contribution in [2.24, 2.45) is 28.9 Å². The van der Waals surface area contributed by atoms with E-state index in [1.807, 2.05) is 0 Å². The third kappa shape index (κ3) is 1.28. The van der Waals surface area contributed by atoms with E-state index < -0.39 is 5.92 Å². The first-order valence-electron chi connectivity index (χ1n) is 5.81. The van der Waals surface area contributed by atoms with Crippen LogP contribution in [0, 0.1) is 23.2 Å². The molecule has 3 heteroatoms. The zero-order chi connectivity index (χ0) is 10.7. The third-order valence-corrected chi connectivity index (χ3v) is 4.69. The fourth-order valence-electron chi connectivity index (χ4n) is 4.02. The minimum Gasteiger partial charge on any atom is -0.330 e. The molecule has 0 aromatic rings. The second kappa shape index (κ2) is 2.82. The van der Waals surface area contributed by atoms with E-state index in [2.05, 4.69) is 12.2 Å². The van der Waals surface area contributed by atoms with E-state index in [0.717, 1.165) is 6.42 Å². The lowest BCUT2D eigenvalue weighted by Gasteiger charge is -2.52. The first kappa shape index (κ1) is 9.76. The van der Waals surface area contributed by atoms with Crippen molar-refractivity contribution < 1.29 is 8.78 Å². The predicted octanol–water partition coefficient (Wildman–Crippen LogP) is 2.57. The van der Waals surface area contributed by atoms with Gasteiger partial charge in [-0.3, -0.25) is 0 Å². The molecule has 15 heavy (non-hydrogen) atoms. The summed E-state index contributed by atoms with van der Waals surface area (Å²) in [4.78, 5) is 0. The fourth-order valence-corrected chi connectivity index (χ4v) is 4.02. The Morgan fingerprint density at radius 1 is 1.20 bits per heavy atom.